The van der Waals surface area contributed by atoms with Crippen molar-refractivity contribution in [3.63, 3.8) is 0 Å². The fourth-order valence-electron chi connectivity index (χ4n) is 2.59. The van der Waals surface area contributed by atoms with Crippen LogP contribution in [0.3, 0.4) is 0 Å². The van der Waals surface area contributed by atoms with E-state index >= 15 is 0 Å². The number of allylic oxidation sites excluding steroid dienone is 1. The topological polar surface area (TPSA) is 139 Å². The Hall–Kier alpha value is -1.78. The van der Waals surface area contributed by atoms with Gasteiger partial charge >= 0.3 is 8.60 Å². The summed E-state index contributed by atoms with van der Waals surface area (Å²) < 4.78 is 4.84. The standard InChI is InChI=1S/C19H21Cl2N4O5PS/c1-11(25(10-26)9-13-8-23-12(2)24-18(13)22)16(6-7-30-31(28)29)32-19(27)17-14(20)4-3-5-15(17)21/h3-5,8,10,28-29H,6-7,9H2,1-2H3,(H2,22,23,24)/b16-11-. The molecule has 0 unspecified atom stereocenters. The fraction of sp³-hybridized carbons (Fsp3) is 0.263. The lowest BCUT2D eigenvalue weighted by molar-refractivity contribution is -0.116. The van der Waals surface area contributed by atoms with Gasteiger partial charge in [-0.05, 0) is 37.7 Å². The summed E-state index contributed by atoms with van der Waals surface area (Å²) in [5, 5.41) is -0.0575. The molecular weight excluding hydrogens is 498 g/mol. The molecule has 2 rings (SSSR count). The number of amides is 1. The fourth-order valence-corrected chi connectivity index (χ4v) is 4.53. The molecule has 0 saturated carbocycles. The van der Waals surface area contributed by atoms with E-state index in [9.17, 15) is 9.59 Å². The zero-order chi connectivity index (χ0) is 23.8. The number of carbonyl (C=O) groups is 2. The van der Waals surface area contributed by atoms with Gasteiger partial charge in [0.15, 0.2) is 0 Å². The number of aromatic nitrogens is 2. The summed E-state index contributed by atoms with van der Waals surface area (Å²) in [5.41, 5.74) is 7.03. The van der Waals surface area contributed by atoms with E-state index in [1.54, 1.807) is 32.0 Å². The Balaban J connectivity index is 2.36. The number of thioether (sulfide) groups is 1. The molecule has 0 atom stereocenters. The van der Waals surface area contributed by atoms with Gasteiger partial charge in [-0.2, -0.15) is 0 Å². The summed E-state index contributed by atoms with van der Waals surface area (Å²) in [4.78, 5) is 52.8. The number of nitrogen functional groups attached to an aromatic ring is 1. The first-order chi connectivity index (χ1) is 15.1. The maximum Gasteiger partial charge on any atom is 0.327 e. The quantitative estimate of drug-likeness (QED) is 0.313. The van der Waals surface area contributed by atoms with Crippen molar-refractivity contribution < 1.29 is 23.9 Å². The molecule has 0 bridgehead atoms. The number of aryl methyl sites for hydroxylation is 1. The van der Waals surface area contributed by atoms with E-state index in [0.717, 1.165) is 11.8 Å². The summed E-state index contributed by atoms with van der Waals surface area (Å²) in [6, 6.07) is 4.71. The number of halogens is 2. The van der Waals surface area contributed by atoms with Crippen molar-refractivity contribution in [3.8, 4) is 0 Å². The van der Waals surface area contributed by atoms with Crippen LogP contribution in [0.1, 0.15) is 35.1 Å². The minimum atomic E-state index is -2.57. The highest BCUT2D eigenvalue weighted by atomic mass is 35.5. The zero-order valence-electron chi connectivity index (χ0n) is 17.2. The van der Waals surface area contributed by atoms with Gasteiger partial charge in [0.1, 0.15) is 11.6 Å². The summed E-state index contributed by atoms with van der Waals surface area (Å²) in [7, 11) is -2.57. The third kappa shape index (κ3) is 7.38. The van der Waals surface area contributed by atoms with Crippen molar-refractivity contribution in [1.29, 1.82) is 0 Å². The number of hydrogen-bond donors (Lipinski definition) is 3. The molecule has 172 valence electrons. The smallest absolute Gasteiger partial charge is 0.327 e. The molecule has 0 aliphatic heterocycles. The highest BCUT2D eigenvalue weighted by Gasteiger charge is 2.21. The van der Waals surface area contributed by atoms with E-state index in [4.69, 9.17) is 43.2 Å². The van der Waals surface area contributed by atoms with Crippen LogP contribution in [0.25, 0.3) is 0 Å². The second-order valence-corrected chi connectivity index (χ2v) is 9.04. The summed E-state index contributed by atoms with van der Waals surface area (Å²) >= 11 is 13.1. The summed E-state index contributed by atoms with van der Waals surface area (Å²) in [5.74, 6) is 0.732. The van der Waals surface area contributed by atoms with Crippen molar-refractivity contribution >= 4 is 60.9 Å². The van der Waals surface area contributed by atoms with Gasteiger partial charge in [-0.25, -0.2) is 9.97 Å². The average molecular weight is 519 g/mol. The van der Waals surface area contributed by atoms with Crippen LogP contribution in [-0.2, 0) is 15.9 Å². The van der Waals surface area contributed by atoms with Crippen LogP contribution in [0.5, 0.6) is 0 Å². The third-order valence-electron chi connectivity index (χ3n) is 4.24. The second kappa shape index (κ2) is 12.5. The maximum atomic E-state index is 12.9. The molecule has 0 aliphatic carbocycles. The number of carbonyl (C=O) groups excluding carboxylic acids is 2. The lowest BCUT2D eigenvalue weighted by Crippen LogP contribution is -2.22. The van der Waals surface area contributed by atoms with Crippen molar-refractivity contribution in [3.05, 3.63) is 62.0 Å². The summed E-state index contributed by atoms with van der Waals surface area (Å²) in [6.45, 7) is 3.31. The molecule has 0 fully saturated rings. The van der Waals surface area contributed by atoms with Gasteiger partial charge in [0.05, 0.1) is 28.8 Å². The van der Waals surface area contributed by atoms with Gasteiger partial charge in [0, 0.05) is 28.8 Å². The van der Waals surface area contributed by atoms with Gasteiger partial charge < -0.3 is 24.9 Å². The van der Waals surface area contributed by atoms with E-state index in [1.807, 2.05) is 0 Å². The van der Waals surface area contributed by atoms with E-state index in [1.165, 1.54) is 11.1 Å². The van der Waals surface area contributed by atoms with Crippen LogP contribution in [0, 0.1) is 6.92 Å². The Morgan fingerprint density at radius 1 is 1.34 bits per heavy atom. The zero-order valence-corrected chi connectivity index (χ0v) is 20.4. The molecule has 32 heavy (non-hydrogen) atoms. The van der Waals surface area contributed by atoms with Gasteiger partial charge in [-0.15, -0.1) is 0 Å². The highest BCUT2D eigenvalue weighted by Crippen LogP contribution is 2.35. The van der Waals surface area contributed by atoms with Gasteiger partial charge in [-0.1, -0.05) is 29.3 Å². The first-order valence-corrected chi connectivity index (χ1v) is 11.8. The minimum absolute atomic E-state index is 0.0696. The Bertz CT molecular complexity index is 1000. The van der Waals surface area contributed by atoms with Crippen LogP contribution >= 0.6 is 43.6 Å². The van der Waals surface area contributed by atoms with Crippen LogP contribution in [-0.4, -0.2) is 42.8 Å². The van der Waals surface area contributed by atoms with E-state index in [0.29, 0.717) is 28.4 Å². The van der Waals surface area contributed by atoms with Gasteiger partial charge in [0.2, 0.25) is 11.5 Å². The lowest BCUT2D eigenvalue weighted by Gasteiger charge is -2.22. The van der Waals surface area contributed by atoms with Gasteiger partial charge in [-0.3, -0.25) is 9.59 Å². The minimum Gasteiger partial charge on any atom is -0.383 e. The number of anilines is 1. The van der Waals surface area contributed by atoms with Crippen molar-refractivity contribution in [2.24, 2.45) is 0 Å². The number of nitrogens with two attached hydrogens (primary N) is 1. The molecular formula is C19H21Cl2N4O5PS. The Labute approximate surface area is 200 Å². The van der Waals surface area contributed by atoms with Crippen LogP contribution in [0.2, 0.25) is 10.0 Å². The maximum absolute atomic E-state index is 12.9. The Morgan fingerprint density at radius 3 is 2.56 bits per heavy atom. The SMILES string of the molecule is C/C(=C(\CCOP(O)O)SC(=O)c1c(Cl)cccc1Cl)N(C=O)Cc1cnc(C)nc1N. The predicted octanol–water partition coefficient (Wildman–Crippen LogP) is 4.06. The van der Waals surface area contributed by atoms with E-state index in [2.05, 4.69) is 9.97 Å². The molecule has 1 aromatic carbocycles. The van der Waals surface area contributed by atoms with Crippen LogP contribution in [0.15, 0.2) is 35.0 Å². The van der Waals surface area contributed by atoms with Crippen LogP contribution in [0.4, 0.5) is 5.82 Å². The van der Waals surface area contributed by atoms with E-state index in [-0.39, 0.29) is 41.0 Å². The lowest BCUT2D eigenvalue weighted by atomic mass is 10.2. The monoisotopic (exact) mass is 518 g/mol. The van der Waals surface area contributed by atoms with Crippen molar-refractivity contribution in [1.82, 2.24) is 14.9 Å². The van der Waals surface area contributed by atoms with Crippen LogP contribution < -0.4 is 5.73 Å². The molecule has 0 aliphatic rings. The molecule has 1 amide bonds. The van der Waals surface area contributed by atoms with E-state index < -0.39 is 13.7 Å². The van der Waals surface area contributed by atoms with Gasteiger partial charge in [0.25, 0.3) is 0 Å². The second-order valence-electron chi connectivity index (χ2n) is 6.39. The molecule has 1 aromatic heterocycles. The number of nitrogens with zero attached hydrogens (tertiary/aromatic N) is 3. The van der Waals surface area contributed by atoms with Crippen molar-refractivity contribution in [2.75, 3.05) is 12.3 Å². The molecule has 4 N–H and O–H groups in total. The Kier molecular flexibility index (Phi) is 10.3. The first-order valence-electron chi connectivity index (χ1n) is 9.10. The largest absolute Gasteiger partial charge is 0.383 e. The first kappa shape index (κ1) is 26.5. The molecule has 0 spiro atoms. The number of hydrogen-bond acceptors (Lipinski definition) is 9. The Morgan fingerprint density at radius 2 is 2.00 bits per heavy atom. The molecule has 0 saturated heterocycles. The molecule has 9 nitrogen and oxygen atoms in total. The number of rotatable bonds is 10. The molecule has 1 heterocycles. The number of benzene rings is 1. The summed E-state index contributed by atoms with van der Waals surface area (Å²) in [6.07, 6.45) is 2.24. The molecule has 0 radical (unpaired) electrons. The normalized spacial score (nSPS) is 12.0. The average Bonchev–Trinajstić information content (AvgIpc) is 2.71. The van der Waals surface area contributed by atoms with Crippen molar-refractivity contribution in [2.45, 2.75) is 26.8 Å². The third-order valence-corrected chi connectivity index (χ3v) is 6.42. The molecule has 2 aromatic rings. The highest BCUT2D eigenvalue weighted by molar-refractivity contribution is 8.17. The molecule has 13 heteroatoms. The predicted molar refractivity (Wildman–Crippen MR) is 126 cm³/mol.